The Hall–Kier alpha value is -1.14. The molecule has 4 N–H and O–H groups in total. The third-order valence-corrected chi connectivity index (χ3v) is 4.19. The SMILES string of the molecule is NC(=O)CC(NC(=O)C1CNCCO1)C1CCCCC1. The highest BCUT2D eigenvalue weighted by molar-refractivity contribution is 5.82. The fourth-order valence-electron chi connectivity index (χ4n) is 3.10. The van der Waals surface area contributed by atoms with Crippen LogP contribution >= 0.6 is 0 Å². The van der Waals surface area contributed by atoms with E-state index < -0.39 is 6.10 Å². The van der Waals surface area contributed by atoms with Crippen LogP contribution in [0.5, 0.6) is 0 Å². The lowest BCUT2D eigenvalue weighted by molar-refractivity contribution is -0.135. The Labute approximate surface area is 119 Å². The number of nitrogens with two attached hydrogens (primary N) is 1. The maximum Gasteiger partial charge on any atom is 0.250 e. The van der Waals surface area contributed by atoms with Crippen LogP contribution in [0.1, 0.15) is 38.5 Å². The van der Waals surface area contributed by atoms with Gasteiger partial charge in [-0.25, -0.2) is 0 Å². The minimum Gasteiger partial charge on any atom is -0.370 e. The van der Waals surface area contributed by atoms with Gasteiger partial charge >= 0.3 is 0 Å². The summed E-state index contributed by atoms with van der Waals surface area (Å²) in [5.41, 5.74) is 5.32. The molecule has 0 radical (unpaired) electrons. The number of ether oxygens (including phenoxy) is 1. The highest BCUT2D eigenvalue weighted by Crippen LogP contribution is 2.27. The molecule has 1 aliphatic carbocycles. The summed E-state index contributed by atoms with van der Waals surface area (Å²) >= 11 is 0. The number of nitrogens with one attached hydrogen (secondary N) is 2. The van der Waals surface area contributed by atoms with Gasteiger partial charge in [0.05, 0.1) is 6.61 Å². The molecule has 6 nitrogen and oxygen atoms in total. The predicted molar refractivity (Wildman–Crippen MR) is 74.9 cm³/mol. The third-order valence-electron chi connectivity index (χ3n) is 4.19. The third kappa shape index (κ3) is 4.45. The molecule has 2 fully saturated rings. The molecule has 1 saturated heterocycles. The van der Waals surface area contributed by atoms with Crippen LogP contribution in [0.25, 0.3) is 0 Å². The van der Waals surface area contributed by atoms with Crippen molar-refractivity contribution >= 4 is 11.8 Å². The second kappa shape index (κ2) is 7.59. The second-order valence-corrected chi connectivity index (χ2v) is 5.75. The zero-order chi connectivity index (χ0) is 14.4. The first kappa shape index (κ1) is 15.3. The molecule has 2 unspecified atom stereocenters. The fraction of sp³-hybridized carbons (Fsp3) is 0.857. The van der Waals surface area contributed by atoms with Crippen LogP contribution in [0, 0.1) is 5.92 Å². The van der Waals surface area contributed by atoms with E-state index in [0.29, 0.717) is 19.1 Å². The van der Waals surface area contributed by atoms with Crippen molar-refractivity contribution in [1.29, 1.82) is 0 Å². The van der Waals surface area contributed by atoms with E-state index in [1.165, 1.54) is 6.42 Å². The highest BCUT2D eigenvalue weighted by atomic mass is 16.5. The van der Waals surface area contributed by atoms with Crippen LogP contribution in [0.15, 0.2) is 0 Å². The fourth-order valence-corrected chi connectivity index (χ4v) is 3.10. The number of carbonyl (C=O) groups excluding carboxylic acids is 2. The monoisotopic (exact) mass is 283 g/mol. The van der Waals surface area contributed by atoms with Crippen LogP contribution in [0.3, 0.4) is 0 Å². The van der Waals surface area contributed by atoms with Gasteiger partial charge in [-0.3, -0.25) is 9.59 Å². The molecule has 0 spiro atoms. The Morgan fingerprint density at radius 1 is 1.30 bits per heavy atom. The van der Waals surface area contributed by atoms with Gasteiger partial charge in [0.15, 0.2) is 0 Å². The topological polar surface area (TPSA) is 93.5 Å². The van der Waals surface area contributed by atoms with Crippen molar-refractivity contribution in [3.63, 3.8) is 0 Å². The van der Waals surface area contributed by atoms with Crippen molar-refractivity contribution < 1.29 is 14.3 Å². The van der Waals surface area contributed by atoms with Crippen molar-refractivity contribution in [2.24, 2.45) is 11.7 Å². The molecule has 1 aliphatic heterocycles. The van der Waals surface area contributed by atoms with Crippen molar-refractivity contribution in [1.82, 2.24) is 10.6 Å². The van der Waals surface area contributed by atoms with Crippen LogP contribution in [0.2, 0.25) is 0 Å². The molecule has 20 heavy (non-hydrogen) atoms. The second-order valence-electron chi connectivity index (χ2n) is 5.75. The maximum atomic E-state index is 12.2. The number of primary amides is 1. The van der Waals surface area contributed by atoms with Gasteiger partial charge in [-0.2, -0.15) is 0 Å². The van der Waals surface area contributed by atoms with E-state index in [0.717, 1.165) is 32.2 Å². The van der Waals surface area contributed by atoms with Crippen LogP contribution in [-0.4, -0.2) is 43.7 Å². The average molecular weight is 283 g/mol. The van der Waals surface area contributed by atoms with Crippen molar-refractivity contribution in [3.8, 4) is 0 Å². The number of rotatable bonds is 5. The summed E-state index contributed by atoms with van der Waals surface area (Å²) in [4.78, 5) is 23.4. The van der Waals surface area contributed by atoms with Gasteiger partial charge in [-0.15, -0.1) is 0 Å². The highest BCUT2D eigenvalue weighted by Gasteiger charge is 2.30. The van der Waals surface area contributed by atoms with E-state index in [4.69, 9.17) is 10.5 Å². The van der Waals surface area contributed by atoms with Crippen molar-refractivity contribution in [2.45, 2.75) is 50.7 Å². The van der Waals surface area contributed by atoms with Gasteiger partial charge in [-0.1, -0.05) is 19.3 Å². The molecule has 2 amide bonds. The van der Waals surface area contributed by atoms with E-state index in [2.05, 4.69) is 10.6 Å². The van der Waals surface area contributed by atoms with Gasteiger partial charge in [0.2, 0.25) is 5.91 Å². The number of hydrogen-bond acceptors (Lipinski definition) is 4. The van der Waals surface area contributed by atoms with Crippen LogP contribution in [-0.2, 0) is 14.3 Å². The van der Waals surface area contributed by atoms with E-state index >= 15 is 0 Å². The first-order chi connectivity index (χ1) is 9.66. The Balaban J connectivity index is 1.91. The molecule has 0 aromatic rings. The predicted octanol–water partition coefficient (Wildman–Crippen LogP) is -0.0847. The zero-order valence-electron chi connectivity index (χ0n) is 11.9. The lowest BCUT2D eigenvalue weighted by Gasteiger charge is -2.32. The number of carbonyl (C=O) groups is 2. The first-order valence-electron chi connectivity index (χ1n) is 7.58. The van der Waals surface area contributed by atoms with Gasteiger partial charge in [0, 0.05) is 25.6 Å². The van der Waals surface area contributed by atoms with E-state index in [1.54, 1.807) is 0 Å². The number of morpholine rings is 1. The van der Waals surface area contributed by atoms with Crippen LogP contribution in [0.4, 0.5) is 0 Å². The standard InChI is InChI=1S/C14H25N3O3/c15-13(18)8-11(10-4-2-1-3-5-10)17-14(19)12-9-16-6-7-20-12/h10-12,16H,1-9H2,(H2,15,18)(H,17,19). The minimum atomic E-state index is -0.456. The summed E-state index contributed by atoms with van der Waals surface area (Å²) in [6.45, 7) is 1.85. The first-order valence-corrected chi connectivity index (χ1v) is 7.58. The molecule has 0 bridgehead atoms. The van der Waals surface area contributed by atoms with Crippen LogP contribution < -0.4 is 16.4 Å². The maximum absolute atomic E-state index is 12.2. The van der Waals surface area contributed by atoms with Gasteiger partial charge < -0.3 is 21.1 Å². The molecule has 1 saturated carbocycles. The molecule has 2 aliphatic rings. The lowest BCUT2D eigenvalue weighted by Crippen LogP contribution is -2.52. The number of hydrogen-bond donors (Lipinski definition) is 3. The molecule has 6 heteroatoms. The van der Waals surface area contributed by atoms with Gasteiger partial charge in [0.25, 0.3) is 5.91 Å². The van der Waals surface area contributed by atoms with Crippen molar-refractivity contribution in [2.75, 3.05) is 19.7 Å². The summed E-state index contributed by atoms with van der Waals surface area (Å²) in [6.07, 6.45) is 5.45. The largest absolute Gasteiger partial charge is 0.370 e. The Bertz CT molecular complexity index is 337. The van der Waals surface area contributed by atoms with Crippen molar-refractivity contribution in [3.05, 3.63) is 0 Å². The summed E-state index contributed by atoms with van der Waals surface area (Å²) < 4.78 is 5.44. The summed E-state index contributed by atoms with van der Waals surface area (Å²) in [5, 5.41) is 6.11. The number of amides is 2. The quantitative estimate of drug-likeness (QED) is 0.657. The van der Waals surface area contributed by atoms with E-state index in [1.807, 2.05) is 0 Å². The zero-order valence-corrected chi connectivity index (χ0v) is 11.9. The Morgan fingerprint density at radius 3 is 2.65 bits per heavy atom. The average Bonchev–Trinajstić information content (AvgIpc) is 2.48. The Kier molecular flexibility index (Phi) is 5.79. The van der Waals surface area contributed by atoms with Gasteiger partial charge in [-0.05, 0) is 18.8 Å². The van der Waals surface area contributed by atoms with E-state index in [9.17, 15) is 9.59 Å². The molecule has 2 rings (SSSR count). The molecule has 2 atom stereocenters. The summed E-state index contributed by atoms with van der Waals surface area (Å²) in [7, 11) is 0. The molecular weight excluding hydrogens is 258 g/mol. The van der Waals surface area contributed by atoms with Gasteiger partial charge in [0.1, 0.15) is 6.10 Å². The smallest absolute Gasteiger partial charge is 0.250 e. The molecule has 1 heterocycles. The lowest BCUT2D eigenvalue weighted by atomic mass is 9.82. The molecule has 0 aromatic heterocycles. The Morgan fingerprint density at radius 2 is 2.05 bits per heavy atom. The summed E-state index contributed by atoms with van der Waals surface area (Å²) in [6, 6.07) is -0.147. The normalized spacial score (nSPS) is 25.9. The molecule has 114 valence electrons. The van der Waals surface area contributed by atoms with E-state index in [-0.39, 0.29) is 24.3 Å². The minimum absolute atomic E-state index is 0.131. The molecule has 0 aromatic carbocycles. The molecular formula is C14H25N3O3. The summed E-state index contributed by atoms with van der Waals surface area (Å²) in [5.74, 6) is -0.130.